The molecule has 1 fully saturated rings. The molecule has 0 saturated carbocycles. The fraction of sp³-hybridized carbons (Fsp3) is 0.375. The van der Waals surface area contributed by atoms with E-state index in [9.17, 15) is 4.79 Å². The average molecular weight is 337 g/mol. The number of benzene rings is 1. The molecule has 0 unspecified atom stereocenters. The van der Waals surface area contributed by atoms with Crippen LogP contribution in [0.15, 0.2) is 34.2 Å². The Morgan fingerprint density at radius 3 is 2.55 bits per heavy atom. The Morgan fingerprint density at radius 1 is 1.27 bits per heavy atom. The third-order valence-corrected chi connectivity index (χ3v) is 4.91. The highest BCUT2D eigenvalue weighted by molar-refractivity contribution is 8.18. The predicted octanol–water partition coefficient (Wildman–Crippen LogP) is 3.42. The van der Waals surface area contributed by atoms with E-state index in [-0.39, 0.29) is 18.0 Å². The van der Waals surface area contributed by atoms with Crippen molar-refractivity contribution in [3.63, 3.8) is 0 Å². The van der Waals surface area contributed by atoms with Gasteiger partial charge < -0.3 is 9.64 Å². The quantitative estimate of drug-likeness (QED) is 0.737. The number of carbonyl (C=O) groups is 1. The van der Waals surface area contributed by atoms with Crippen LogP contribution in [0, 0.1) is 0 Å². The van der Waals surface area contributed by atoms with Gasteiger partial charge in [-0.25, -0.2) is 0 Å². The van der Waals surface area contributed by atoms with Crippen LogP contribution < -0.4 is 0 Å². The van der Waals surface area contributed by atoms with Gasteiger partial charge in [-0.3, -0.25) is 4.79 Å². The van der Waals surface area contributed by atoms with Gasteiger partial charge in [-0.05, 0) is 49.4 Å². The topological polar surface area (TPSA) is 41.9 Å². The summed E-state index contributed by atoms with van der Waals surface area (Å²) < 4.78 is 5.53. The lowest BCUT2D eigenvalue weighted by molar-refractivity contribution is -0.113. The van der Waals surface area contributed by atoms with Crippen LogP contribution in [0.4, 0.5) is 0 Å². The Bertz CT molecular complexity index is 632. The summed E-state index contributed by atoms with van der Waals surface area (Å²) in [7, 11) is 0. The molecule has 6 heteroatoms. The molecule has 0 N–H and O–H groups in total. The Labute approximate surface area is 139 Å². The van der Waals surface area contributed by atoms with E-state index < -0.39 is 0 Å². The molecule has 1 saturated heterocycles. The molecular weight excluding hydrogens is 320 g/mol. The van der Waals surface area contributed by atoms with Crippen molar-refractivity contribution < 1.29 is 9.53 Å². The minimum Gasteiger partial charge on any atom is -0.377 e. The van der Waals surface area contributed by atoms with Crippen LogP contribution >= 0.6 is 23.4 Å². The SMILES string of the molecule is C[C@@H]1COC[C@@H](C)N1C1=NC(=O)/C(=C/c2ccc(Cl)cc2)S1. The normalized spacial score (nSPS) is 27.4. The van der Waals surface area contributed by atoms with Crippen molar-refractivity contribution in [2.45, 2.75) is 25.9 Å². The zero-order chi connectivity index (χ0) is 15.7. The molecule has 1 aromatic carbocycles. The number of amidine groups is 1. The van der Waals surface area contributed by atoms with Crippen LogP contribution in [0.2, 0.25) is 5.02 Å². The summed E-state index contributed by atoms with van der Waals surface area (Å²) in [6.45, 7) is 5.50. The van der Waals surface area contributed by atoms with Gasteiger partial charge in [0.2, 0.25) is 0 Å². The molecule has 1 aromatic rings. The van der Waals surface area contributed by atoms with Gasteiger partial charge in [0, 0.05) is 5.02 Å². The van der Waals surface area contributed by atoms with Gasteiger partial charge in [0.15, 0.2) is 5.17 Å². The van der Waals surface area contributed by atoms with Crippen LogP contribution in [0.25, 0.3) is 6.08 Å². The number of halogens is 1. The highest BCUT2D eigenvalue weighted by atomic mass is 35.5. The zero-order valence-corrected chi connectivity index (χ0v) is 14.0. The molecule has 0 radical (unpaired) electrons. The largest absolute Gasteiger partial charge is 0.377 e. The summed E-state index contributed by atoms with van der Waals surface area (Å²) in [5.74, 6) is -0.180. The van der Waals surface area contributed by atoms with E-state index in [2.05, 4.69) is 23.7 Å². The first-order chi connectivity index (χ1) is 10.5. The van der Waals surface area contributed by atoms with Crippen LogP contribution in [0.1, 0.15) is 19.4 Å². The average Bonchev–Trinajstić information content (AvgIpc) is 2.82. The second kappa shape index (κ2) is 6.44. The lowest BCUT2D eigenvalue weighted by atomic mass is 10.2. The van der Waals surface area contributed by atoms with Gasteiger partial charge in [0.05, 0.1) is 30.2 Å². The summed E-state index contributed by atoms with van der Waals surface area (Å²) in [4.78, 5) is 19.2. The first-order valence-corrected chi connectivity index (χ1v) is 8.38. The van der Waals surface area contributed by atoms with Gasteiger partial charge in [0.25, 0.3) is 5.91 Å². The van der Waals surface area contributed by atoms with Gasteiger partial charge in [-0.15, -0.1) is 0 Å². The second-order valence-corrected chi connectivity index (χ2v) is 6.95. The van der Waals surface area contributed by atoms with Crippen molar-refractivity contribution >= 4 is 40.5 Å². The third kappa shape index (κ3) is 3.21. The number of morpholine rings is 1. The van der Waals surface area contributed by atoms with Gasteiger partial charge in [-0.1, -0.05) is 23.7 Å². The number of hydrogen-bond donors (Lipinski definition) is 0. The van der Waals surface area contributed by atoms with Crippen molar-refractivity contribution in [2.75, 3.05) is 13.2 Å². The number of amides is 1. The number of ether oxygens (including phenoxy) is 1. The number of nitrogens with zero attached hydrogens (tertiary/aromatic N) is 2. The third-order valence-electron chi connectivity index (χ3n) is 3.67. The number of aliphatic imine (C=N–C) groups is 1. The van der Waals surface area contributed by atoms with Crippen molar-refractivity contribution in [3.8, 4) is 0 Å². The van der Waals surface area contributed by atoms with E-state index in [1.165, 1.54) is 11.8 Å². The molecule has 3 rings (SSSR count). The smallest absolute Gasteiger partial charge is 0.286 e. The maximum absolute atomic E-state index is 12.2. The first kappa shape index (κ1) is 15.6. The highest BCUT2D eigenvalue weighted by Gasteiger charge is 2.33. The Balaban J connectivity index is 1.79. The summed E-state index contributed by atoms with van der Waals surface area (Å²) in [5.41, 5.74) is 0.944. The summed E-state index contributed by atoms with van der Waals surface area (Å²) in [5, 5.41) is 1.45. The molecule has 2 aliphatic heterocycles. The molecule has 0 aliphatic carbocycles. The van der Waals surface area contributed by atoms with E-state index in [0.717, 1.165) is 10.7 Å². The van der Waals surface area contributed by atoms with Crippen molar-refractivity contribution in [3.05, 3.63) is 39.8 Å². The molecule has 116 valence electrons. The Kier molecular flexibility index (Phi) is 4.57. The molecule has 2 atom stereocenters. The van der Waals surface area contributed by atoms with E-state index in [0.29, 0.717) is 23.1 Å². The van der Waals surface area contributed by atoms with E-state index in [1.54, 1.807) is 0 Å². The van der Waals surface area contributed by atoms with Crippen LogP contribution in [0.3, 0.4) is 0 Å². The molecule has 2 aliphatic rings. The van der Waals surface area contributed by atoms with Gasteiger partial charge >= 0.3 is 0 Å². The monoisotopic (exact) mass is 336 g/mol. The lowest BCUT2D eigenvalue weighted by Gasteiger charge is -2.39. The minimum atomic E-state index is -0.180. The predicted molar refractivity (Wildman–Crippen MR) is 91.0 cm³/mol. The van der Waals surface area contributed by atoms with E-state index in [1.807, 2.05) is 30.3 Å². The van der Waals surface area contributed by atoms with Crippen molar-refractivity contribution in [2.24, 2.45) is 4.99 Å². The second-order valence-electron chi connectivity index (χ2n) is 5.50. The Hall–Kier alpha value is -1.30. The Morgan fingerprint density at radius 2 is 1.91 bits per heavy atom. The molecule has 1 amide bonds. The highest BCUT2D eigenvalue weighted by Crippen LogP contribution is 2.33. The summed E-state index contributed by atoms with van der Waals surface area (Å²) in [6.07, 6.45) is 1.86. The summed E-state index contributed by atoms with van der Waals surface area (Å²) >= 11 is 7.31. The molecule has 0 spiro atoms. The minimum absolute atomic E-state index is 0.180. The molecule has 0 aromatic heterocycles. The van der Waals surface area contributed by atoms with Gasteiger partial charge in [0.1, 0.15) is 0 Å². The van der Waals surface area contributed by atoms with Crippen LogP contribution in [-0.2, 0) is 9.53 Å². The molecule has 0 bridgehead atoms. The fourth-order valence-electron chi connectivity index (χ4n) is 2.60. The number of thioether (sulfide) groups is 1. The molecule has 4 nitrogen and oxygen atoms in total. The maximum Gasteiger partial charge on any atom is 0.286 e. The van der Waals surface area contributed by atoms with Crippen molar-refractivity contribution in [1.29, 1.82) is 0 Å². The van der Waals surface area contributed by atoms with E-state index >= 15 is 0 Å². The lowest BCUT2D eigenvalue weighted by Crippen LogP contribution is -2.51. The zero-order valence-electron chi connectivity index (χ0n) is 12.5. The number of rotatable bonds is 1. The van der Waals surface area contributed by atoms with Crippen molar-refractivity contribution in [1.82, 2.24) is 4.90 Å². The first-order valence-electron chi connectivity index (χ1n) is 7.19. The standard InChI is InChI=1S/C16H17ClN2O2S/c1-10-8-21-9-11(2)19(10)16-18-15(20)14(22-16)7-12-3-5-13(17)6-4-12/h3-7,10-11H,8-9H2,1-2H3/b14-7-/t10-,11-/m1/s1. The molecular formula is C16H17ClN2O2S. The maximum atomic E-state index is 12.2. The molecule has 2 heterocycles. The summed E-state index contributed by atoms with van der Waals surface area (Å²) in [6, 6.07) is 7.84. The molecule has 22 heavy (non-hydrogen) atoms. The fourth-order valence-corrected chi connectivity index (χ4v) is 3.84. The number of carbonyl (C=O) groups excluding carboxylic acids is 1. The van der Waals surface area contributed by atoms with Gasteiger partial charge in [-0.2, -0.15) is 4.99 Å². The van der Waals surface area contributed by atoms with Crippen LogP contribution in [0.5, 0.6) is 0 Å². The van der Waals surface area contributed by atoms with Crippen LogP contribution in [-0.4, -0.2) is 41.3 Å². The number of hydrogen-bond acceptors (Lipinski definition) is 4. The van der Waals surface area contributed by atoms with E-state index in [4.69, 9.17) is 16.3 Å².